The fourth-order valence-electron chi connectivity index (χ4n) is 9.49. The number of aryl methyl sites for hydroxylation is 1. The lowest BCUT2D eigenvalue weighted by Crippen LogP contribution is -2.88. The smallest absolute Gasteiger partial charge is 0.350 e. The van der Waals surface area contributed by atoms with Crippen molar-refractivity contribution in [1.82, 2.24) is 9.97 Å². The van der Waals surface area contributed by atoms with Gasteiger partial charge in [0.25, 0.3) is 0 Å². The highest BCUT2D eigenvalue weighted by atomic mass is 16.7. The Morgan fingerprint density at radius 3 is 2.08 bits per heavy atom. The summed E-state index contributed by atoms with van der Waals surface area (Å²) in [5.41, 5.74) is -13.6. The molecule has 0 aromatic carbocycles. The maximum Gasteiger partial charge on any atom is 0.350 e. The number of esters is 8. The van der Waals surface area contributed by atoms with Gasteiger partial charge in [-0.05, 0) is 51.5 Å². The minimum Gasteiger partial charge on any atom is -0.465 e. The standard InChI is InChI=1S/C42H46N2O19/c1-20(45)55-19-41-32(58-22(3)47)29(50)28-31(57-21(2)46)42(41)40(8,54)33(30(34(41)59-23(4)48)60-35(51)25-11-9-15-43-17-25)61-37(53)38(6,62-24(5)49)14-13-27-26(12-10-16-44-27)36(52)56-18-39(28,7)63-42/h9-12,15-17,28,30-34,54H,13-14,18-19H2,1-8H3/t28-,30+,31-,32-,33+,34+,38-,39+,40+,41-,42+/m1/s1. The van der Waals surface area contributed by atoms with Crippen LogP contribution in [0.4, 0.5) is 0 Å². The lowest BCUT2D eigenvalue weighted by molar-refractivity contribution is -0.376. The third-order valence-corrected chi connectivity index (χ3v) is 11.9. The van der Waals surface area contributed by atoms with Gasteiger partial charge >= 0.3 is 47.8 Å². The van der Waals surface area contributed by atoms with E-state index in [4.69, 9.17) is 42.6 Å². The van der Waals surface area contributed by atoms with E-state index in [-0.39, 0.29) is 23.2 Å². The van der Waals surface area contributed by atoms with E-state index in [1.54, 1.807) is 0 Å². The van der Waals surface area contributed by atoms with Gasteiger partial charge < -0.3 is 47.7 Å². The van der Waals surface area contributed by atoms with Crippen molar-refractivity contribution >= 4 is 53.5 Å². The molecule has 0 unspecified atom stereocenters. The molecule has 1 N–H and O–H groups in total. The number of ether oxygens (including phenoxy) is 9. The summed E-state index contributed by atoms with van der Waals surface area (Å²) in [7, 11) is 0. The summed E-state index contributed by atoms with van der Waals surface area (Å²) in [6, 6.07) is 5.43. The average molecular weight is 883 g/mol. The Kier molecular flexibility index (Phi) is 12.3. The van der Waals surface area contributed by atoms with Crippen LogP contribution < -0.4 is 0 Å². The Balaban J connectivity index is 1.77. The molecule has 21 heteroatoms. The van der Waals surface area contributed by atoms with Crippen LogP contribution in [-0.2, 0) is 82.6 Å². The predicted molar refractivity (Wildman–Crippen MR) is 203 cm³/mol. The van der Waals surface area contributed by atoms with E-state index in [1.807, 2.05) is 0 Å². The van der Waals surface area contributed by atoms with Crippen molar-refractivity contribution < 1.29 is 90.9 Å². The molecule has 63 heavy (non-hydrogen) atoms. The summed E-state index contributed by atoms with van der Waals surface area (Å²) in [5.74, 6) is -12.1. The minimum atomic E-state index is -3.04. The first kappa shape index (κ1) is 46.2. The Morgan fingerprint density at radius 1 is 0.825 bits per heavy atom. The SMILES string of the molecule is CC(=O)OC[C@]12[C@H](OC(C)=O)C(=O)[C@@H]3[C@@H](OC(C)=O)[C@@]14O[C@@]3(C)COC(=O)c1cccnc1CC[C@@](C)(OC(C)=O)C(=O)O[C@@H]([C@H](OC(=O)c1cccnc1)[C@@H]2OC(C)=O)[C@]4(C)O. The number of ketones is 1. The first-order chi connectivity index (χ1) is 29.5. The van der Waals surface area contributed by atoms with Gasteiger partial charge in [-0.1, -0.05) is 0 Å². The van der Waals surface area contributed by atoms with Crippen LogP contribution in [0.15, 0.2) is 42.9 Å². The van der Waals surface area contributed by atoms with Gasteiger partial charge in [-0.2, -0.15) is 0 Å². The second-order valence-corrected chi connectivity index (χ2v) is 16.4. The molecule has 1 spiro atoms. The van der Waals surface area contributed by atoms with E-state index < -0.39 is 137 Å². The molecular weight excluding hydrogens is 836 g/mol. The Morgan fingerprint density at radius 2 is 1.48 bits per heavy atom. The summed E-state index contributed by atoms with van der Waals surface area (Å²) in [6.07, 6.45) is -8.28. The number of pyridine rings is 2. The molecule has 2 aromatic rings. The highest BCUT2D eigenvalue weighted by Crippen LogP contribution is 2.69. The van der Waals surface area contributed by atoms with Crippen LogP contribution in [0.3, 0.4) is 0 Å². The Labute approximate surface area is 359 Å². The van der Waals surface area contributed by atoms with Crippen LogP contribution in [0, 0.1) is 11.3 Å². The van der Waals surface area contributed by atoms with Gasteiger partial charge in [0.05, 0.1) is 22.7 Å². The topological polar surface area (TPSA) is 283 Å². The van der Waals surface area contributed by atoms with Crippen LogP contribution in [0.2, 0.25) is 0 Å². The lowest BCUT2D eigenvalue weighted by atomic mass is 9.45. The molecule has 0 amide bonds. The summed E-state index contributed by atoms with van der Waals surface area (Å²) in [4.78, 5) is 132. The largest absolute Gasteiger partial charge is 0.465 e. The number of cyclic esters (lactones) is 1. The van der Waals surface area contributed by atoms with Crippen molar-refractivity contribution in [3.63, 3.8) is 0 Å². The highest BCUT2D eigenvalue weighted by Gasteiger charge is 2.91. The lowest BCUT2D eigenvalue weighted by Gasteiger charge is -2.66. The van der Waals surface area contributed by atoms with Gasteiger partial charge in [-0.25, -0.2) is 14.4 Å². The number of Topliss-reactive ketones (excluding diaryl/α,β-unsaturated/α-hetero) is 1. The number of nitrogens with zero attached hydrogens (tertiary/aromatic N) is 2. The van der Waals surface area contributed by atoms with Gasteiger partial charge in [0, 0.05) is 59.6 Å². The molecule has 1 saturated heterocycles. The summed E-state index contributed by atoms with van der Waals surface area (Å²) < 4.78 is 53.7. The van der Waals surface area contributed by atoms with E-state index in [1.165, 1.54) is 43.6 Å². The molecule has 3 fully saturated rings. The number of rotatable bonds is 8. The van der Waals surface area contributed by atoms with Crippen molar-refractivity contribution in [3.8, 4) is 0 Å². The second kappa shape index (κ2) is 16.7. The number of carbonyl (C=O) groups excluding carboxylic acids is 9. The number of fused-ring (bicyclic) bond motifs is 5. The van der Waals surface area contributed by atoms with Crippen molar-refractivity contribution in [2.75, 3.05) is 13.2 Å². The fraction of sp³-hybridized carbons (Fsp3) is 0.548. The molecule has 4 heterocycles. The summed E-state index contributed by atoms with van der Waals surface area (Å²) in [6.45, 7) is 6.05. The number of hydrogen-bond acceptors (Lipinski definition) is 21. The maximum absolute atomic E-state index is 15.4. The molecule has 2 aliphatic heterocycles. The number of hydrogen-bond donors (Lipinski definition) is 1. The maximum atomic E-state index is 15.4. The monoisotopic (exact) mass is 882 g/mol. The van der Waals surface area contributed by atoms with Crippen molar-refractivity contribution in [1.29, 1.82) is 0 Å². The van der Waals surface area contributed by atoms with Gasteiger partial charge in [-0.3, -0.25) is 38.7 Å². The second-order valence-electron chi connectivity index (χ2n) is 16.4. The average Bonchev–Trinajstić information content (AvgIpc) is 3.43. The molecule has 2 aromatic heterocycles. The quantitative estimate of drug-likeness (QED) is 0.284. The third-order valence-electron chi connectivity index (χ3n) is 11.9. The predicted octanol–water partition coefficient (Wildman–Crippen LogP) is 0.875. The van der Waals surface area contributed by atoms with Gasteiger partial charge in [0.15, 0.2) is 35.8 Å². The normalized spacial score (nSPS) is 34.7. The van der Waals surface area contributed by atoms with E-state index in [9.17, 15) is 43.5 Å². The molecule has 4 aliphatic rings. The molecule has 21 nitrogen and oxygen atoms in total. The minimum absolute atomic E-state index is 0.0616. The van der Waals surface area contributed by atoms with Crippen molar-refractivity contribution in [2.24, 2.45) is 11.3 Å². The molecule has 11 atom stereocenters. The first-order valence-electron chi connectivity index (χ1n) is 19.7. The third kappa shape index (κ3) is 7.76. The van der Waals surface area contributed by atoms with Gasteiger partial charge in [0.1, 0.15) is 35.9 Å². The summed E-state index contributed by atoms with van der Waals surface area (Å²) >= 11 is 0. The number of carbonyl (C=O) groups is 9. The first-order valence-corrected chi connectivity index (χ1v) is 19.7. The highest BCUT2D eigenvalue weighted by molar-refractivity contribution is 5.94. The Hall–Kier alpha value is -6.35. The van der Waals surface area contributed by atoms with Crippen LogP contribution in [0.5, 0.6) is 0 Å². The zero-order valence-corrected chi connectivity index (χ0v) is 35.5. The van der Waals surface area contributed by atoms with Crippen molar-refractivity contribution in [2.45, 2.75) is 121 Å². The zero-order chi connectivity index (χ0) is 46.4. The van der Waals surface area contributed by atoms with Crippen LogP contribution in [0.25, 0.3) is 0 Å². The Bertz CT molecular complexity index is 2250. The molecule has 6 rings (SSSR count). The molecule has 2 saturated carbocycles. The van der Waals surface area contributed by atoms with E-state index in [0.29, 0.717) is 0 Å². The fourth-order valence-corrected chi connectivity index (χ4v) is 9.49. The number of aromatic nitrogens is 2. The number of aliphatic hydroxyl groups is 1. The van der Waals surface area contributed by atoms with Crippen LogP contribution in [-0.4, -0.2) is 135 Å². The van der Waals surface area contributed by atoms with E-state index in [0.717, 1.165) is 54.7 Å². The van der Waals surface area contributed by atoms with Crippen molar-refractivity contribution in [3.05, 3.63) is 59.7 Å². The van der Waals surface area contributed by atoms with Crippen LogP contribution >= 0.6 is 0 Å². The van der Waals surface area contributed by atoms with Gasteiger partial charge in [0.2, 0.25) is 5.60 Å². The molecule has 338 valence electrons. The molecule has 4 bridgehead atoms. The van der Waals surface area contributed by atoms with E-state index in [2.05, 4.69) is 9.97 Å². The van der Waals surface area contributed by atoms with E-state index >= 15 is 4.79 Å². The molecule has 0 radical (unpaired) electrons. The summed E-state index contributed by atoms with van der Waals surface area (Å²) in [5, 5.41) is 13.6. The molecule has 2 aliphatic carbocycles. The zero-order valence-electron chi connectivity index (χ0n) is 35.5. The molecular formula is C42H46N2O19. The van der Waals surface area contributed by atoms with Crippen LogP contribution in [0.1, 0.15) is 88.2 Å². The van der Waals surface area contributed by atoms with Gasteiger partial charge in [-0.15, -0.1) is 0 Å².